The summed E-state index contributed by atoms with van der Waals surface area (Å²) in [7, 11) is 0. The Hall–Kier alpha value is -4.98. The van der Waals surface area contributed by atoms with Crippen LogP contribution >= 0.6 is 0 Å². The summed E-state index contributed by atoms with van der Waals surface area (Å²) >= 11 is 0. The van der Waals surface area contributed by atoms with E-state index in [1.807, 2.05) is 18.2 Å². The summed E-state index contributed by atoms with van der Waals surface area (Å²) in [5.41, 5.74) is 0.521. The number of amides is 3. The highest BCUT2D eigenvalue weighted by Crippen LogP contribution is 2.31. The van der Waals surface area contributed by atoms with Gasteiger partial charge in [-0.05, 0) is 35.7 Å². The summed E-state index contributed by atoms with van der Waals surface area (Å²) in [5.74, 6) is -2.16. The molecule has 8 heteroatoms. The molecule has 0 saturated heterocycles. The summed E-state index contributed by atoms with van der Waals surface area (Å²) < 4.78 is 5.74. The Balaban J connectivity index is 1.56. The molecule has 3 aromatic carbocycles. The van der Waals surface area contributed by atoms with Gasteiger partial charge in [0.05, 0.1) is 11.3 Å². The number of benzene rings is 3. The molecule has 0 fully saturated rings. The average Bonchev–Trinajstić information content (AvgIpc) is 3.30. The van der Waals surface area contributed by atoms with Crippen LogP contribution < -0.4 is 4.90 Å². The molecule has 0 spiro atoms. The quantitative estimate of drug-likeness (QED) is 0.405. The molecule has 0 atom stereocenters. The molecule has 1 aromatic heterocycles. The third-order valence-electron chi connectivity index (χ3n) is 5.41. The Morgan fingerprint density at radius 3 is 2.47 bits per heavy atom. The smallest absolute Gasteiger partial charge is 0.358 e. The third-order valence-corrected chi connectivity index (χ3v) is 5.41. The van der Waals surface area contributed by atoms with Crippen molar-refractivity contribution >= 4 is 46.3 Å². The second kappa shape index (κ2) is 8.18. The van der Waals surface area contributed by atoms with E-state index in [1.165, 1.54) is 18.2 Å². The summed E-state index contributed by atoms with van der Waals surface area (Å²) in [6.07, 6.45) is 1.26. The highest BCUT2D eigenvalue weighted by atomic mass is 16.4. The Kier molecular flexibility index (Phi) is 5.03. The predicted molar refractivity (Wildman–Crippen MR) is 126 cm³/mol. The van der Waals surface area contributed by atoms with Crippen LogP contribution in [0.2, 0.25) is 0 Å². The molecule has 166 valence electrons. The van der Waals surface area contributed by atoms with E-state index in [1.54, 1.807) is 48.5 Å². The topological polar surface area (TPSA) is 120 Å². The van der Waals surface area contributed by atoms with Gasteiger partial charge in [0.2, 0.25) is 5.90 Å². The molecule has 0 saturated carbocycles. The highest BCUT2D eigenvalue weighted by molar-refractivity contribution is 6.38. The van der Waals surface area contributed by atoms with Gasteiger partial charge in [-0.25, -0.2) is 14.5 Å². The van der Waals surface area contributed by atoms with Crippen molar-refractivity contribution in [3.8, 4) is 11.3 Å². The lowest BCUT2D eigenvalue weighted by Gasteiger charge is -2.24. The maximum absolute atomic E-state index is 13.3. The van der Waals surface area contributed by atoms with E-state index in [0.717, 1.165) is 10.3 Å². The number of nitrogens with zero attached hydrogens (tertiary/aromatic N) is 2. The van der Waals surface area contributed by atoms with E-state index in [4.69, 9.17) is 4.42 Å². The van der Waals surface area contributed by atoms with Crippen molar-refractivity contribution < 1.29 is 29.0 Å². The van der Waals surface area contributed by atoms with Gasteiger partial charge in [-0.15, -0.1) is 0 Å². The van der Waals surface area contributed by atoms with Gasteiger partial charge < -0.3 is 14.6 Å². The number of aliphatic hydroxyl groups is 1. The maximum atomic E-state index is 13.3. The van der Waals surface area contributed by atoms with Crippen LogP contribution in [0.15, 0.2) is 93.8 Å². The number of urea groups is 1. The standard InChI is InChI=1S/C26H16N2O6/c29-23-20(14-16-12-13-22(34-16)18-9-3-4-10-19(18)25(31)32)24(30)28(26(33)27-23)21-11-5-7-15-6-1-2-8-17(15)21/h1-14H,(H,31,32)(H,27,29,33)/b20-14-. The number of aliphatic hydroxyl groups excluding tert-OH is 1. The van der Waals surface area contributed by atoms with Crippen LogP contribution in [-0.2, 0) is 4.79 Å². The minimum absolute atomic E-state index is 0.0573. The normalized spacial score (nSPS) is 15.1. The molecule has 3 amide bonds. The number of furan rings is 1. The van der Waals surface area contributed by atoms with Crippen LogP contribution in [0.4, 0.5) is 10.5 Å². The molecule has 1 aliphatic rings. The SMILES string of the molecule is O=C(O)c1ccccc1-c1ccc(/C=C2\C(=O)N(c3cccc4ccccc34)C(=O)N=C2O)o1. The van der Waals surface area contributed by atoms with Gasteiger partial charge in [-0.1, -0.05) is 54.6 Å². The number of aromatic carboxylic acids is 1. The van der Waals surface area contributed by atoms with Gasteiger partial charge in [0, 0.05) is 10.9 Å². The minimum Gasteiger partial charge on any atom is -0.493 e. The molecule has 1 aliphatic heterocycles. The van der Waals surface area contributed by atoms with Crippen molar-refractivity contribution in [1.82, 2.24) is 0 Å². The van der Waals surface area contributed by atoms with E-state index < -0.39 is 23.8 Å². The van der Waals surface area contributed by atoms with Crippen molar-refractivity contribution in [2.45, 2.75) is 0 Å². The zero-order valence-corrected chi connectivity index (χ0v) is 17.5. The van der Waals surface area contributed by atoms with Crippen LogP contribution in [-0.4, -0.2) is 34.0 Å². The molecule has 0 bridgehead atoms. The van der Waals surface area contributed by atoms with E-state index in [-0.39, 0.29) is 22.7 Å². The van der Waals surface area contributed by atoms with Crippen LogP contribution in [0.3, 0.4) is 0 Å². The highest BCUT2D eigenvalue weighted by Gasteiger charge is 2.35. The molecule has 0 unspecified atom stereocenters. The molecule has 2 N–H and O–H groups in total. The zero-order chi connectivity index (χ0) is 23.8. The number of carboxylic acid groups (broad SMARTS) is 1. The summed E-state index contributed by atoms with van der Waals surface area (Å²) in [5, 5.41) is 21.2. The largest absolute Gasteiger partial charge is 0.493 e. The van der Waals surface area contributed by atoms with Crippen molar-refractivity contribution in [2.75, 3.05) is 4.90 Å². The lowest BCUT2D eigenvalue weighted by atomic mass is 10.1. The average molecular weight is 452 g/mol. The fourth-order valence-corrected chi connectivity index (χ4v) is 3.85. The second-order valence-corrected chi connectivity index (χ2v) is 7.47. The Bertz CT molecular complexity index is 1540. The lowest BCUT2D eigenvalue weighted by Crippen LogP contribution is -2.42. The summed E-state index contributed by atoms with van der Waals surface area (Å²) in [6.45, 7) is 0. The molecule has 0 radical (unpaired) electrons. The van der Waals surface area contributed by atoms with E-state index in [9.17, 15) is 24.6 Å². The second-order valence-electron chi connectivity index (χ2n) is 7.47. The number of aliphatic imine (C=N–C) groups is 1. The molecule has 5 rings (SSSR count). The zero-order valence-electron chi connectivity index (χ0n) is 17.5. The number of fused-ring (bicyclic) bond motifs is 1. The van der Waals surface area contributed by atoms with E-state index >= 15 is 0 Å². The fourth-order valence-electron chi connectivity index (χ4n) is 3.85. The van der Waals surface area contributed by atoms with Gasteiger partial charge in [-0.3, -0.25) is 4.79 Å². The summed E-state index contributed by atoms with van der Waals surface area (Å²) in [6, 6.07) is 21.0. The first kappa shape index (κ1) is 20.9. The number of carboxylic acids is 1. The van der Waals surface area contributed by atoms with E-state index in [0.29, 0.717) is 16.6 Å². The van der Waals surface area contributed by atoms with Crippen LogP contribution in [0.1, 0.15) is 16.1 Å². The molecule has 2 heterocycles. The monoisotopic (exact) mass is 452 g/mol. The first-order chi connectivity index (χ1) is 16.4. The summed E-state index contributed by atoms with van der Waals surface area (Å²) in [4.78, 5) is 41.9. The lowest BCUT2D eigenvalue weighted by molar-refractivity contribution is -0.114. The first-order valence-electron chi connectivity index (χ1n) is 10.2. The Morgan fingerprint density at radius 1 is 0.912 bits per heavy atom. The van der Waals surface area contributed by atoms with Gasteiger partial charge in [0.25, 0.3) is 5.91 Å². The van der Waals surface area contributed by atoms with Gasteiger partial charge >= 0.3 is 12.0 Å². The number of hydrogen-bond donors (Lipinski definition) is 2. The third kappa shape index (κ3) is 3.53. The van der Waals surface area contributed by atoms with Crippen molar-refractivity contribution in [3.63, 3.8) is 0 Å². The number of anilines is 1. The van der Waals surface area contributed by atoms with Crippen LogP contribution in [0.25, 0.3) is 28.2 Å². The fraction of sp³-hybridized carbons (Fsp3) is 0. The van der Waals surface area contributed by atoms with Gasteiger partial charge in [-0.2, -0.15) is 4.99 Å². The van der Waals surface area contributed by atoms with Crippen molar-refractivity contribution in [3.05, 3.63) is 95.8 Å². The molecule has 34 heavy (non-hydrogen) atoms. The molecular formula is C26H16N2O6. The minimum atomic E-state index is -1.11. The van der Waals surface area contributed by atoms with E-state index in [2.05, 4.69) is 4.99 Å². The molecule has 0 aliphatic carbocycles. The number of rotatable bonds is 4. The van der Waals surface area contributed by atoms with Crippen molar-refractivity contribution in [1.29, 1.82) is 0 Å². The number of imide groups is 1. The van der Waals surface area contributed by atoms with Crippen molar-refractivity contribution in [2.24, 2.45) is 4.99 Å². The predicted octanol–water partition coefficient (Wildman–Crippen LogP) is 5.30. The molecular weight excluding hydrogens is 436 g/mol. The van der Waals surface area contributed by atoms with Crippen LogP contribution in [0, 0.1) is 0 Å². The first-order valence-corrected chi connectivity index (χ1v) is 10.2. The van der Waals surface area contributed by atoms with Gasteiger partial charge in [0.15, 0.2) is 0 Å². The maximum Gasteiger partial charge on any atom is 0.358 e. The Morgan fingerprint density at radius 2 is 1.65 bits per heavy atom. The number of carbonyl (C=O) groups excluding carboxylic acids is 2. The number of carbonyl (C=O) groups is 3. The van der Waals surface area contributed by atoms with Gasteiger partial charge in [0.1, 0.15) is 17.1 Å². The number of hydrogen-bond acceptors (Lipinski definition) is 4. The van der Waals surface area contributed by atoms with Crippen LogP contribution in [0.5, 0.6) is 0 Å². The molecule has 4 aromatic rings. The molecule has 8 nitrogen and oxygen atoms in total. The Labute approximate surface area is 192 Å².